The van der Waals surface area contributed by atoms with Gasteiger partial charge in [0, 0.05) is 11.1 Å². The van der Waals surface area contributed by atoms with E-state index in [9.17, 15) is 0 Å². The van der Waals surface area contributed by atoms with Gasteiger partial charge in [0.2, 0.25) is 0 Å². The molecule has 3 aromatic rings. The number of thiophene rings is 1. The molecule has 0 atom stereocenters. The second kappa shape index (κ2) is 2.68. The molecule has 0 aliphatic carbocycles. The molecule has 3 aromatic heterocycles. The summed E-state index contributed by atoms with van der Waals surface area (Å²) in [5, 5.41) is 12.5. The Morgan fingerprint density at radius 3 is 3.14 bits per heavy atom. The lowest BCUT2D eigenvalue weighted by Crippen LogP contribution is -1.83. The highest BCUT2D eigenvalue weighted by molar-refractivity contribution is 7.25. The van der Waals surface area contributed by atoms with Crippen LogP contribution < -0.4 is 0 Å². The van der Waals surface area contributed by atoms with Gasteiger partial charge in [-0.05, 0) is 24.3 Å². The summed E-state index contributed by atoms with van der Waals surface area (Å²) < 4.78 is 1.04. The molecule has 0 fully saturated rings. The molecule has 0 aliphatic heterocycles. The van der Waals surface area contributed by atoms with Gasteiger partial charge in [-0.3, -0.25) is 0 Å². The van der Waals surface area contributed by atoms with Crippen LogP contribution in [0.1, 0.15) is 5.69 Å². The van der Waals surface area contributed by atoms with E-state index in [-0.39, 0.29) is 0 Å². The number of nitrogens with zero attached hydrogens (tertiary/aromatic N) is 4. The molecule has 0 aromatic carbocycles. The summed E-state index contributed by atoms with van der Waals surface area (Å²) in [5.74, 6) is 0. The Kier molecular flexibility index (Phi) is 1.49. The summed E-state index contributed by atoms with van der Waals surface area (Å²) in [5.41, 5.74) is 1.91. The maximum Gasteiger partial charge on any atom is 0.126 e. The van der Waals surface area contributed by atoms with Crippen molar-refractivity contribution in [3.8, 4) is 0 Å². The fourth-order valence-corrected chi connectivity index (χ4v) is 2.44. The second-order valence-electron chi connectivity index (χ2n) is 3.05. The van der Waals surface area contributed by atoms with Gasteiger partial charge in [0.1, 0.15) is 10.3 Å². The molecule has 4 nitrogen and oxygen atoms in total. The normalized spacial score (nSPS) is 11.2. The predicted octanol–water partition coefficient (Wildman–Crippen LogP) is 1.94. The fourth-order valence-electron chi connectivity index (χ4n) is 1.42. The summed E-state index contributed by atoms with van der Waals surface area (Å²) in [4.78, 5) is 5.44. The van der Waals surface area contributed by atoms with Crippen molar-refractivity contribution in [1.82, 2.24) is 20.4 Å². The number of aryl methyl sites for hydroxylation is 1. The summed E-state index contributed by atoms with van der Waals surface area (Å²) in [7, 11) is 0. The standard InChI is InChI=1S/C9H6N4S/c1-5-2-3-6-8-7(4-10-13-12-8)14-9(6)11-5/h2-4H,1H3. The third-order valence-electron chi connectivity index (χ3n) is 2.07. The van der Waals surface area contributed by atoms with Gasteiger partial charge < -0.3 is 0 Å². The van der Waals surface area contributed by atoms with Gasteiger partial charge in [-0.15, -0.1) is 21.5 Å². The second-order valence-corrected chi connectivity index (χ2v) is 4.08. The number of aromatic nitrogens is 4. The molecule has 3 rings (SSSR count). The van der Waals surface area contributed by atoms with Crippen LogP contribution in [0.3, 0.4) is 0 Å². The Labute approximate surface area is 83.6 Å². The van der Waals surface area contributed by atoms with Crippen molar-refractivity contribution in [2.45, 2.75) is 6.92 Å². The number of hydrogen-bond donors (Lipinski definition) is 0. The predicted molar refractivity (Wildman–Crippen MR) is 55.2 cm³/mol. The molecule has 68 valence electrons. The molecule has 0 unspecified atom stereocenters. The average molecular weight is 202 g/mol. The van der Waals surface area contributed by atoms with Crippen LogP contribution in [0.2, 0.25) is 0 Å². The van der Waals surface area contributed by atoms with Gasteiger partial charge in [-0.25, -0.2) is 4.98 Å². The van der Waals surface area contributed by atoms with Crippen LogP contribution in [0.25, 0.3) is 20.4 Å². The molecule has 14 heavy (non-hydrogen) atoms. The van der Waals surface area contributed by atoms with Crippen molar-refractivity contribution in [1.29, 1.82) is 0 Å². The first-order valence-corrected chi connectivity index (χ1v) is 5.00. The van der Waals surface area contributed by atoms with Crippen LogP contribution in [-0.2, 0) is 0 Å². The molecule has 0 bridgehead atoms. The van der Waals surface area contributed by atoms with E-state index in [0.29, 0.717) is 0 Å². The largest absolute Gasteiger partial charge is 0.242 e. The molecular weight excluding hydrogens is 196 g/mol. The van der Waals surface area contributed by atoms with Gasteiger partial charge in [-0.2, -0.15) is 0 Å². The van der Waals surface area contributed by atoms with Crippen LogP contribution in [0.5, 0.6) is 0 Å². The van der Waals surface area contributed by atoms with E-state index in [4.69, 9.17) is 0 Å². The summed E-state index contributed by atoms with van der Waals surface area (Å²) in [6, 6.07) is 4.02. The average Bonchev–Trinajstić information content (AvgIpc) is 2.54. The number of fused-ring (bicyclic) bond motifs is 3. The Morgan fingerprint density at radius 1 is 1.29 bits per heavy atom. The molecule has 0 spiro atoms. The first-order chi connectivity index (χ1) is 6.84. The third-order valence-corrected chi connectivity index (χ3v) is 3.09. The van der Waals surface area contributed by atoms with Crippen molar-refractivity contribution in [2.24, 2.45) is 0 Å². The highest BCUT2D eigenvalue weighted by Crippen LogP contribution is 2.29. The van der Waals surface area contributed by atoms with E-state index in [0.717, 1.165) is 26.1 Å². The van der Waals surface area contributed by atoms with Crippen LogP contribution in [0.15, 0.2) is 18.3 Å². The molecule has 0 radical (unpaired) electrons. The molecule has 3 heterocycles. The first kappa shape index (κ1) is 7.75. The van der Waals surface area contributed by atoms with Crippen molar-refractivity contribution in [3.63, 3.8) is 0 Å². The van der Waals surface area contributed by atoms with Gasteiger partial charge >= 0.3 is 0 Å². The third kappa shape index (κ3) is 0.990. The van der Waals surface area contributed by atoms with Gasteiger partial charge in [0.05, 0.1) is 10.9 Å². The smallest absolute Gasteiger partial charge is 0.126 e. The van der Waals surface area contributed by atoms with Crippen molar-refractivity contribution in [2.75, 3.05) is 0 Å². The minimum atomic E-state index is 0.896. The lowest BCUT2D eigenvalue weighted by atomic mass is 10.3. The summed E-state index contributed by atoms with van der Waals surface area (Å²) in [6.45, 7) is 1.98. The van der Waals surface area contributed by atoms with Crippen LogP contribution in [0, 0.1) is 6.92 Å². The van der Waals surface area contributed by atoms with E-state index < -0.39 is 0 Å². The van der Waals surface area contributed by atoms with E-state index in [1.807, 2.05) is 19.1 Å². The minimum Gasteiger partial charge on any atom is -0.242 e. The Hall–Kier alpha value is -1.62. The number of rotatable bonds is 0. The van der Waals surface area contributed by atoms with Crippen molar-refractivity contribution < 1.29 is 0 Å². The van der Waals surface area contributed by atoms with Crippen molar-refractivity contribution in [3.05, 3.63) is 24.0 Å². The van der Waals surface area contributed by atoms with Gasteiger partial charge in [0.25, 0.3) is 0 Å². The summed E-state index contributed by atoms with van der Waals surface area (Å²) in [6.07, 6.45) is 1.73. The van der Waals surface area contributed by atoms with Gasteiger partial charge in [-0.1, -0.05) is 0 Å². The molecule has 0 saturated carbocycles. The topological polar surface area (TPSA) is 51.6 Å². The Morgan fingerprint density at radius 2 is 2.21 bits per heavy atom. The van der Waals surface area contributed by atoms with Crippen LogP contribution in [0.4, 0.5) is 0 Å². The number of hydrogen-bond acceptors (Lipinski definition) is 5. The van der Waals surface area contributed by atoms with Gasteiger partial charge in [0.15, 0.2) is 0 Å². The molecular formula is C9H6N4S. The number of pyridine rings is 1. The Balaban J connectivity index is 2.57. The zero-order valence-electron chi connectivity index (χ0n) is 7.43. The summed E-state index contributed by atoms with van der Waals surface area (Å²) >= 11 is 1.60. The maximum atomic E-state index is 4.44. The van der Waals surface area contributed by atoms with E-state index in [1.54, 1.807) is 17.5 Å². The lowest BCUT2D eigenvalue weighted by Gasteiger charge is -1.90. The van der Waals surface area contributed by atoms with Crippen LogP contribution in [-0.4, -0.2) is 20.4 Å². The molecule has 0 saturated heterocycles. The molecule has 0 amide bonds. The maximum absolute atomic E-state index is 4.44. The zero-order chi connectivity index (χ0) is 9.54. The molecule has 0 N–H and O–H groups in total. The fraction of sp³-hybridized carbons (Fsp3) is 0.111. The van der Waals surface area contributed by atoms with Crippen molar-refractivity contribution >= 4 is 31.8 Å². The zero-order valence-corrected chi connectivity index (χ0v) is 8.25. The SMILES string of the molecule is Cc1ccc2c(n1)sc1cnnnc12. The quantitative estimate of drug-likeness (QED) is 0.559. The highest BCUT2D eigenvalue weighted by atomic mass is 32.1. The Bertz CT molecular complexity index is 616. The first-order valence-electron chi connectivity index (χ1n) is 4.19. The monoisotopic (exact) mass is 202 g/mol. The lowest BCUT2D eigenvalue weighted by molar-refractivity contribution is 0.899. The van der Waals surface area contributed by atoms with E-state index in [2.05, 4.69) is 20.4 Å². The van der Waals surface area contributed by atoms with E-state index >= 15 is 0 Å². The molecule has 0 aliphatic rings. The molecule has 5 heteroatoms. The van der Waals surface area contributed by atoms with E-state index in [1.165, 1.54) is 0 Å². The van der Waals surface area contributed by atoms with Crippen LogP contribution >= 0.6 is 11.3 Å². The highest BCUT2D eigenvalue weighted by Gasteiger charge is 2.07. The minimum absolute atomic E-state index is 0.896.